The normalized spacial score (nSPS) is 16.0. The Morgan fingerprint density at radius 2 is 1.13 bits per heavy atom. The van der Waals surface area contributed by atoms with Gasteiger partial charge in [0, 0.05) is 51.7 Å². The summed E-state index contributed by atoms with van der Waals surface area (Å²) in [6.07, 6.45) is 3.01. The molecule has 0 spiro atoms. The number of aromatic hydroxyl groups is 1. The van der Waals surface area contributed by atoms with E-state index in [-0.39, 0.29) is 38.3 Å². The van der Waals surface area contributed by atoms with Crippen molar-refractivity contribution >= 4 is 29.4 Å². The van der Waals surface area contributed by atoms with E-state index in [0.717, 1.165) is 41.0 Å². The summed E-state index contributed by atoms with van der Waals surface area (Å²) in [7, 11) is 0. The molecule has 0 radical (unpaired) electrons. The number of aliphatic hydroxyl groups excluding tert-OH is 2. The molecule has 0 bridgehead atoms. The van der Waals surface area contributed by atoms with Gasteiger partial charge in [0.05, 0.1) is 10.7 Å². The summed E-state index contributed by atoms with van der Waals surface area (Å²) < 4.78 is 6.24. The van der Waals surface area contributed by atoms with Crippen LogP contribution in [0.3, 0.4) is 0 Å². The Labute approximate surface area is 293 Å². The lowest BCUT2D eigenvalue weighted by atomic mass is 9.79. The molecule has 1 aliphatic rings. The summed E-state index contributed by atoms with van der Waals surface area (Å²) in [4.78, 5) is 16.6. The second kappa shape index (κ2) is 14.9. The zero-order chi connectivity index (χ0) is 35.6. The largest absolute Gasteiger partial charge is 0.507 e. The first kappa shape index (κ1) is 39.6. The van der Waals surface area contributed by atoms with Gasteiger partial charge in [-0.25, -0.2) is 0 Å². The molecule has 0 aromatic heterocycles. The van der Waals surface area contributed by atoms with Gasteiger partial charge in [0.15, 0.2) is 0 Å². The first-order valence-corrected chi connectivity index (χ1v) is 18.7. The summed E-state index contributed by atoms with van der Waals surface area (Å²) >= 11 is 3.72. The fourth-order valence-electron chi connectivity index (χ4n) is 5.98. The number of ether oxygens (including phenoxy) is 1. The molecule has 264 valence electrons. The molecule has 1 aliphatic heterocycles. The highest BCUT2D eigenvalue weighted by Gasteiger charge is 2.40. The summed E-state index contributed by atoms with van der Waals surface area (Å²) in [5, 5.41) is 30.4. The van der Waals surface area contributed by atoms with Gasteiger partial charge >= 0.3 is 0 Å². The number of piperidine rings is 1. The molecule has 0 atom stereocenters. The van der Waals surface area contributed by atoms with Gasteiger partial charge in [0.1, 0.15) is 18.1 Å². The molecule has 2 aromatic carbocycles. The van der Waals surface area contributed by atoms with Crippen LogP contribution < -0.4 is 4.74 Å². The van der Waals surface area contributed by atoms with E-state index < -0.39 is 6.61 Å². The number of likely N-dealkylation sites (tertiary alicyclic amines) is 1. The number of phenols is 1. The highest BCUT2D eigenvalue weighted by Crippen LogP contribution is 2.55. The molecule has 1 heterocycles. The molecule has 2 aromatic rings. The maximum absolute atomic E-state index is 12.5. The van der Waals surface area contributed by atoms with Crippen LogP contribution in [0.15, 0.2) is 34.1 Å². The Hall–Kier alpha value is -1.87. The fourth-order valence-corrected chi connectivity index (χ4v) is 9.06. The van der Waals surface area contributed by atoms with Crippen LogP contribution in [0.1, 0.15) is 131 Å². The van der Waals surface area contributed by atoms with Crippen molar-refractivity contribution in [1.29, 1.82) is 0 Å². The number of thioether (sulfide) groups is 2. The van der Waals surface area contributed by atoms with E-state index in [1.54, 1.807) is 4.90 Å². The molecule has 1 amide bonds. The van der Waals surface area contributed by atoms with Crippen molar-refractivity contribution in [2.24, 2.45) is 0 Å². The van der Waals surface area contributed by atoms with Crippen molar-refractivity contribution in [3.63, 3.8) is 0 Å². The molecule has 0 aliphatic carbocycles. The number of hydrogen-bond donors (Lipinski definition) is 3. The first-order chi connectivity index (χ1) is 21.5. The van der Waals surface area contributed by atoms with Gasteiger partial charge in [0.2, 0.25) is 5.91 Å². The lowest BCUT2D eigenvalue weighted by Crippen LogP contribution is -2.44. The standard InChI is InChI=1S/C39H61NO5S2/c1-35(2,3)28-21-26(22-29(33(28)44)36(4,5)6)46-39(15-17-40(18-16-39)32(43)25-42)47-27-23-30(37(7,8)9)34(45-20-14-13-19-41)31(24-27)38(10,11)12/h21-24,41-42,44H,13-20,25H2,1-12H3. The van der Waals surface area contributed by atoms with Crippen LogP contribution in [0.2, 0.25) is 0 Å². The fraction of sp³-hybridized carbons (Fsp3) is 0.667. The minimum absolute atomic E-state index is 0.161. The van der Waals surface area contributed by atoms with Crippen LogP contribution in [0, 0.1) is 0 Å². The van der Waals surface area contributed by atoms with Crippen LogP contribution in [0.4, 0.5) is 0 Å². The third-order valence-corrected chi connectivity index (χ3v) is 11.8. The monoisotopic (exact) mass is 687 g/mol. The molecule has 47 heavy (non-hydrogen) atoms. The van der Waals surface area contributed by atoms with Gasteiger partial charge in [0.25, 0.3) is 0 Å². The molecular formula is C39H61NO5S2. The zero-order valence-corrected chi connectivity index (χ0v) is 32.7. The average Bonchev–Trinajstić information content (AvgIpc) is 2.94. The molecule has 3 rings (SSSR count). The van der Waals surface area contributed by atoms with Crippen LogP contribution in [-0.2, 0) is 26.5 Å². The van der Waals surface area contributed by atoms with Crippen LogP contribution in [0.5, 0.6) is 11.5 Å². The van der Waals surface area contributed by atoms with Crippen molar-refractivity contribution in [3.8, 4) is 11.5 Å². The Morgan fingerprint density at radius 3 is 1.49 bits per heavy atom. The molecule has 0 unspecified atom stereocenters. The van der Waals surface area contributed by atoms with E-state index in [2.05, 4.69) is 107 Å². The maximum atomic E-state index is 12.5. The van der Waals surface area contributed by atoms with E-state index in [0.29, 0.717) is 31.9 Å². The van der Waals surface area contributed by atoms with Crippen LogP contribution >= 0.6 is 23.5 Å². The van der Waals surface area contributed by atoms with Gasteiger partial charge in [-0.3, -0.25) is 4.79 Å². The second-order valence-corrected chi connectivity index (χ2v) is 20.3. The van der Waals surface area contributed by atoms with Crippen molar-refractivity contribution in [3.05, 3.63) is 46.5 Å². The lowest BCUT2D eigenvalue weighted by molar-refractivity contribution is -0.135. The van der Waals surface area contributed by atoms with Crippen molar-refractivity contribution in [2.45, 2.75) is 144 Å². The summed E-state index contributed by atoms with van der Waals surface area (Å²) in [5.41, 5.74) is 3.39. The van der Waals surface area contributed by atoms with Crippen molar-refractivity contribution in [1.82, 2.24) is 4.90 Å². The second-order valence-electron chi connectivity index (χ2n) is 17.1. The van der Waals surface area contributed by atoms with Gasteiger partial charge < -0.3 is 25.0 Å². The molecule has 0 saturated carbocycles. The highest BCUT2D eigenvalue weighted by atomic mass is 32.2. The van der Waals surface area contributed by atoms with Gasteiger partial charge in [-0.15, -0.1) is 23.5 Å². The zero-order valence-electron chi connectivity index (χ0n) is 31.1. The predicted octanol–water partition coefficient (Wildman–Crippen LogP) is 8.93. The molecular weight excluding hydrogens is 627 g/mol. The SMILES string of the molecule is CC(C)(C)c1cc(SC2(Sc3cc(C(C)(C)C)c(OCCCCO)c(C(C)(C)C)c3)CCN(C(=O)CO)CC2)cc(C(C)(C)C)c1O. The minimum atomic E-state index is -0.473. The van der Waals surface area contributed by atoms with Crippen LogP contribution in [-0.4, -0.2) is 63.1 Å². The van der Waals surface area contributed by atoms with E-state index >= 15 is 0 Å². The number of aliphatic hydroxyl groups is 2. The third-order valence-electron chi connectivity index (χ3n) is 8.80. The van der Waals surface area contributed by atoms with Gasteiger partial charge in [-0.1, -0.05) is 83.1 Å². The average molecular weight is 688 g/mol. The number of phenolic OH excluding ortho intramolecular Hbond substituents is 1. The number of nitrogens with zero attached hydrogens (tertiary/aromatic N) is 1. The molecule has 8 heteroatoms. The van der Waals surface area contributed by atoms with E-state index in [1.807, 2.05) is 23.5 Å². The number of benzene rings is 2. The molecule has 6 nitrogen and oxygen atoms in total. The minimum Gasteiger partial charge on any atom is -0.507 e. The number of amides is 1. The molecule has 1 saturated heterocycles. The van der Waals surface area contributed by atoms with Crippen molar-refractivity contribution < 1.29 is 24.9 Å². The maximum Gasteiger partial charge on any atom is 0.248 e. The van der Waals surface area contributed by atoms with Gasteiger partial charge in [-0.05, 0) is 71.6 Å². The Morgan fingerprint density at radius 1 is 0.723 bits per heavy atom. The quantitative estimate of drug-likeness (QED) is 0.170. The number of rotatable bonds is 10. The summed E-state index contributed by atoms with van der Waals surface area (Å²) in [5.74, 6) is 1.09. The molecule has 1 fully saturated rings. The smallest absolute Gasteiger partial charge is 0.248 e. The number of carbonyl (C=O) groups excluding carboxylic acids is 1. The number of hydrogen-bond acceptors (Lipinski definition) is 7. The summed E-state index contributed by atoms with van der Waals surface area (Å²) in [6.45, 7) is 27.6. The Balaban J connectivity index is 2.20. The Kier molecular flexibility index (Phi) is 12.6. The lowest BCUT2D eigenvalue weighted by Gasteiger charge is -2.41. The summed E-state index contributed by atoms with van der Waals surface area (Å²) in [6, 6.07) is 8.92. The Bertz CT molecular complexity index is 1310. The first-order valence-electron chi connectivity index (χ1n) is 17.1. The topological polar surface area (TPSA) is 90.2 Å². The number of carbonyl (C=O) groups is 1. The van der Waals surface area contributed by atoms with E-state index in [1.165, 1.54) is 16.0 Å². The number of unbranched alkanes of at least 4 members (excludes halogenated alkanes) is 1. The predicted molar refractivity (Wildman–Crippen MR) is 199 cm³/mol. The third kappa shape index (κ3) is 10.1. The van der Waals surface area contributed by atoms with E-state index in [9.17, 15) is 20.1 Å². The van der Waals surface area contributed by atoms with Gasteiger partial charge in [-0.2, -0.15) is 0 Å². The molecule has 3 N–H and O–H groups in total. The highest BCUT2D eigenvalue weighted by molar-refractivity contribution is 8.18. The van der Waals surface area contributed by atoms with E-state index in [4.69, 9.17) is 4.74 Å². The van der Waals surface area contributed by atoms with Crippen molar-refractivity contribution in [2.75, 3.05) is 32.9 Å². The van der Waals surface area contributed by atoms with Crippen LogP contribution in [0.25, 0.3) is 0 Å².